The number of benzene rings is 8. The molecule has 0 aliphatic rings. The molecule has 0 aliphatic carbocycles. The second-order valence-electron chi connectivity index (χ2n) is 13.3. The predicted octanol–water partition coefficient (Wildman–Crippen LogP) is 12.0. The molecule has 0 atom stereocenters. The van der Waals surface area contributed by atoms with Crippen molar-refractivity contribution in [3.05, 3.63) is 181 Å². The minimum Gasteiger partial charge on any atom is -0.355 e. The lowest BCUT2D eigenvalue weighted by Gasteiger charge is -2.16. The Morgan fingerprint density at radius 3 is 1.63 bits per heavy atom. The van der Waals surface area contributed by atoms with Crippen molar-refractivity contribution in [1.82, 2.24) is 19.5 Å². The number of aromatic nitrogens is 4. The van der Waals surface area contributed by atoms with Crippen LogP contribution in [0.25, 0.3) is 83.2 Å². The molecule has 0 fully saturated rings. The SMILES string of the molecule is N=Cc1c(Nc2ccccc2)ccc2c1c1c3ccccc3c3ccccc3c1n2-c1ccccc1-c1nc(-c2ccccc2)nc(-c2ccccc2)n1. The van der Waals surface area contributed by atoms with Gasteiger partial charge in [0.25, 0.3) is 0 Å². The van der Waals surface area contributed by atoms with Gasteiger partial charge in [0, 0.05) is 56.0 Å². The molecule has 0 saturated heterocycles. The van der Waals surface area contributed by atoms with E-state index in [1.807, 2.05) is 97.1 Å². The van der Waals surface area contributed by atoms with Crippen LogP contribution in [0.3, 0.4) is 0 Å². The van der Waals surface area contributed by atoms with E-state index in [-0.39, 0.29) is 0 Å². The minimum absolute atomic E-state index is 0.577. The van der Waals surface area contributed by atoms with Gasteiger partial charge in [-0.15, -0.1) is 0 Å². The summed E-state index contributed by atoms with van der Waals surface area (Å²) in [7, 11) is 0. The Bertz CT molecular complexity index is 2970. The molecule has 10 rings (SSSR count). The minimum atomic E-state index is 0.577. The van der Waals surface area contributed by atoms with Crippen LogP contribution in [0.2, 0.25) is 0 Å². The molecular weight excluding hydrogens is 661 g/mol. The Kier molecular flexibility index (Phi) is 7.51. The van der Waals surface area contributed by atoms with Gasteiger partial charge < -0.3 is 15.3 Å². The van der Waals surface area contributed by atoms with E-state index in [2.05, 4.69) is 88.7 Å². The standard InChI is InChI=1S/C48H32N6/c49-30-39-40(50-33-20-8-3-9-21-33)28-29-42-43(39)44-36-24-12-10-22-34(36)35-23-11-13-25-37(35)45(44)54(42)41-27-15-14-26-38(41)48-52-46(31-16-4-1-5-17-31)51-47(53-48)32-18-6-2-7-19-32/h1-30,49-50H. The predicted molar refractivity (Wildman–Crippen MR) is 223 cm³/mol. The summed E-state index contributed by atoms with van der Waals surface area (Å²) in [5, 5.41) is 19.2. The smallest absolute Gasteiger partial charge is 0.166 e. The summed E-state index contributed by atoms with van der Waals surface area (Å²) in [6.07, 6.45) is 1.48. The van der Waals surface area contributed by atoms with Crippen LogP contribution in [0.4, 0.5) is 11.4 Å². The molecule has 0 saturated carbocycles. The average Bonchev–Trinajstić information content (AvgIpc) is 3.60. The first kappa shape index (κ1) is 31.3. The van der Waals surface area contributed by atoms with Crippen molar-refractivity contribution in [1.29, 1.82) is 5.41 Å². The summed E-state index contributed by atoms with van der Waals surface area (Å²) < 4.78 is 2.35. The van der Waals surface area contributed by atoms with E-state index in [0.29, 0.717) is 17.5 Å². The van der Waals surface area contributed by atoms with Gasteiger partial charge in [0.05, 0.1) is 16.7 Å². The molecule has 6 nitrogen and oxygen atoms in total. The molecular formula is C48H32N6. The van der Waals surface area contributed by atoms with Gasteiger partial charge in [0.2, 0.25) is 0 Å². The fraction of sp³-hybridized carbons (Fsp3) is 0. The molecule has 0 aliphatic heterocycles. The van der Waals surface area contributed by atoms with E-state index in [0.717, 1.165) is 71.9 Å². The number of nitrogens with zero attached hydrogens (tertiary/aromatic N) is 4. The summed E-state index contributed by atoms with van der Waals surface area (Å²) in [5.74, 6) is 1.79. The van der Waals surface area contributed by atoms with Crippen LogP contribution in [0.15, 0.2) is 176 Å². The second kappa shape index (κ2) is 13.0. The monoisotopic (exact) mass is 692 g/mol. The Labute approximate surface area is 311 Å². The van der Waals surface area contributed by atoms with Gasteiger partial charge >= 0.3 is 0 Å². The van der Waals surface area contributed by atoms with Crippen molar-refractivity contribution in [3.63, 3.8) is 0 Å². The average molecular weight is 693 g/mol. The maximum absolute atomic E-state index is 8.88. The molecule has 6 heteroatoms. The highest BCUT2D eigenvalue weighted by Gasteiger charge is 2.24. The van der Waals surface area contributed by atoms with Gasteiger partial charge in [-0.05, 0) is 52.6 Å². The molecule has 254 valence electrons. The maximum atomic E-state index is 8.88. The Hall–Kier alpha value is -7.44. The fourth-order valence-electron chi connectivity index (χ4n) is 7.76. The highest BCUT2D eigenvalue weighted by Crippen LogP contribution is 2.46. The largest absolute Gasteiger partial charge is 0.355 e. The van der Waals surface area contributed by atoms with Crippen LogP contribution in [0.1, 0.15) is 5.56 Å². The molecule has 0 amide bonds. The van der Waals surface area contributed by atoms with Crippen LogP contribution in [-0.4, -0.2) is 25.7 Å². The molecule has 2 N–H and O–H groups in total. The summed E-state index contributed by atoms with van der Waals surface area (Å²) >= 11 is 0. The van der Waals surface area contributed by atoms with Crippen LogP contribution >= 0.6 is 0 Å². The van der Waals surface area contributed by atoms with Gasteiger partial charge in [0.15, 0.2) is 17.5 Å². The van der Waals surface area contributed by atoms with Crippen molar-refractivity contribution in [2.24, 2.45) is 0 Å². The van der Waals surface area contributed by atoms with E-state index in [9.17, 15) is 0 Å². The molecule has 54 heavy (non-hydrogen) atoms. The van der Waals surface area contributed by atoms with Gasteiger partial charge in [-0.1, -0.05) is 140 Å². The van der Waals surface area contributed by atoms with Crippen LogP contribution in [-0.2, 0) is 0 Å². The Balaban J connectivity index is 1.33. The summed E-state index contributed by atoms with van der Waals surface area (Å²) in [6.45, 7) is 0. The Morgan fingerprint density at radius 2 is 0.981 bits per heavy atom. The molecule has 0 spiro atoms. The number of para-hydroxylation sites is 2. The summed E-state index contributed by atoms with van der Waals surface area (Å²) in [5.41, 5.74) is 8.32. The maximum Gasteiger partial charge on any atom is 0.166 e. The third-order valence-corrected chi connectivity index (χ3v) is 10.1. The van der Waals surface area contributed by atoms with Gasteiger partial charge in [0.1, 0.15) is 0 Å². The third kappa shape index (κ3) is 5.12. The Morgan fingerprint density at radius 1 is 0.463 bits per heavy atom. The molecule has 8 aromatic carbocycles. The molecule has 0 bridgehead atoms. The number of nitrogens with one attached hydrogen (secondary N) is 2. The van der Waals surface area contributed by atoms with Crippen molar-refractivity contribution < 1.29 is 0 Å². The second-order valence-corrected chi connectivity index (χ2v) is 13.3. The van der Waals surface area contributed by atoms with E-state index in [1.165, 1.54) is 17.0 Å². The number of fused-ring (bicyclic) bond motifs is 8. The van der Waals surface area contributed by atoms with Crippen LogP contribution in [0, 0.1) is 5.41 Å². The lowest BCUT2D eigenvalue weighted by molar-refractivity contribution is 1.06. The highest BCUT2D eigenvalue weighted by molar-refractivity contribution is 6.34. The number of hydrogen-bond acceptors (Lipinski definition) is 5. The molecule has 0 unspecified atom stereocenters. The number of rotatable bonds is 7. The van der Waals surface area contributed by atoms with Crippen molar-refractivity contribution in [3.8, 4) is 39.9 Å². The fourth-order valence-corrected chi connectivity index (χ4v) is 7.76. The molecule has 10 aromatic rings. The van der Waals surface area contributed by atoms with Crippen molar-refractivity contribution in [2.45, 2.75) is 0 Å². The molecule has 2 heterocycles. The molecule has 2 aromatic heterocycles. The lowest BCUT2D eigenvalue weighted by atomic mass is 9.95. The quantitative estimate of drug-likeness (QED) is 0.129. The third-order valence-electron chi connectivity index (χ3n) is 10.1. The lowest BCUT2D eigenvalue weighted by Crippen LogP contribution is -2.04. The van der Waals surface area contributed by atoms with Crippen LogP contribution in [0.5, 0.6) is 0 Å². The molecule has 0 radical (unpaired) electrons. The van der Waals surface area contributed by atoms with Gasteiger partial charge in [-0.25, -0.2) is 15.0 Å². The summed E-state index contributed by atoms with van der Waals surface area (Å²) in [4.78, 5) is 15.3. The highest BCUT2D eigenvalue weighted by atomic mass is 15.1. The number of hydrogen-bond donors (Lipinski definition) is 2. The topological polar surface area (TPSA) is 79.5 Å². The van der Waals surface area contributed by atoms with E-state index < -0.39 is 0 Å². The van der Waals surface area contributed by atoms with Crippen molar-refractivity contribution in [2.75, 3.05) is 5.32 Å². The normalized spacial score (nSPS) is 11.4. The first-order chi connectivity index (χ1) is 26.8. The zero-order valence-corrected chi connectivity index (χ0v) is 29.1. The van der Waals surface area contributed by atoms with Gasteiger partial charge in [-0.3, -0.25) is 0 Å². The summed E-state index contributed by atoms with van der Waals surface area (Å²) in [6, 6.07) is 60.1. The first-order valence-electron chi connectivity index (χ1n) is 18.0. The van der Waals surface area contributed by atoms with Gasteiger partial charge in [-0.2, -0.15) is 0 Å². The van der Waals surface area contributed by atoms with E-state index >= 15 is 0 Å². The zero-order valence-electron chi connectivity index (χ0n) is 29.1. The first-order valence-corrected chi connectivity index (χ1v) is 18.0. The van der Waals surface area contributed by atoms with Crippen molar-refractivity contribution >= 4 is 60.9 Å². The van der Waals surface area contributed by atoms with E-state index in [4.69, 9.17) is 20.4 Å². The zero-order chi connectivity index (χ0) is 36.0. The number of anilines is 2. The van der Waals surface area contributed by atoms with E-state index in [1.54, 1.807) is 0 Å². The van der Waals surface area contributed by atoms with Crippen LogP contribution < -0.4 is 5.32 Å².